The lowest BCUT2D eigenvalue weighted by molar-refractivity contribution is 0.693. The number of hydrogen-bond donors (Lipinski definition) is 0. The molecule has 4 heterocycles. The minimum Gasteiger partial charge on any atom is -0.306 e. The molecule has 8 rings (SSSR count). The standard InChI is InChI=1S/C38H30N8/c1-9-33(43-21-17-39-25-43)10-2-29(1)37(30-3-11-34(12-4-30)44-22-18-40-26-44)38(31-5-13-35(14-6-31)45-23-19-41-27-45)32-7-15-36(16-8-32)46-24-20-42-28-46/h1-28,37-38H. The van der Waals surface area contributed by atoms with Crippen molar-refractivity contribution in [2.75, 3.05) is 0 Å². The van der Waals surface area contributed by atoms with Gasteiger partial charge in [0.05, 0.1) is 25.3 Å². The van der Waals surface area contributed by atoms with E-state index in [0.717, 1.165) is 22.7 Å². The van der Waals surface area contributed by atoms with Gasteiger partial charge in [0.15, 0.2) is 0 Å². The molecular weight excluding hydrogens is 568 g/mol. The van der Waals surface area contributed by atoms with Gasteiger partial charge in [-0.05, 0) is 70.8 Å². The van der Waals surface area contributed by atoms with Crippen molar-refractivity contribution in [2.45, 2.75) is 11.8 Å². The van der Waals surface area contributed by atoms with Gasteiger partial charge in [0, 0.05) is 84.2 Å². The monoisotopic (exact) mass is 598 g/mol. The molecule has 0 unspecified atom stereocenters. The number of benzene rings is 4. The fourth-order valence-electron chi connectivity index (χ4n) is 6.22. The third-order valence-corrected chi connectivity index (χ3v) is 8.55. The molecule has 0 aliphatic heterocycles. The van der Waals surface area contributed by atoms with Crippen LogP contribution in [0.3, 0.4) is 0 Å². The Morgan fingerprint density at radius 1 is 0.304 bits per heavy atom. The molecule has 46 heavy (non-hydrogen) atoms. The highest BCUT2D eigenvalue weighted by Crippen LogP contribution is 2.43. The van der Waals surface area contributed by atoms with Gasteiger partial charge in [0.2, 0.25) is 0 Å². The van der Waals surface area contributed by atoms with Crippen molar-refractivity contribution in [3.63, 3.8) is 0 Å². The number of rotatable bonds is 9. The molecule has 8 nitrogen and oxygen atoms in total. The Morgan fingerprint density at radius 3 is 0.696 bits per heavy atom. The summed E-state index contributed by atoms with van der Waals surface area (Å²) in [5.74, 6) is 0.0405. The van der Waals surface area contributed by atoms with Crippen molar-refractivity contribution >= 4 is 0 Å². The first-order valence-corrected chi connectivity index (χ1v) is 15.1. The predicted octanol–water partition coefficient (Wildman–Crippen LogP) is 7.39. The maximum absolute atomic E-state index is 4.24. The first-order chi connectivity index (χ1) is 22.8. The van der Waals surface area contributed by atoms with E-state index in [1.165, 1.54) is 22.3 Å². The molecule has 4 aromatic carbocycles. The molecule has 0 aliphatic rings. The molecule has 0 bridgehead atoms. The lowest BCUT2D eigenvalue weighted by atomic mass is 9.73. The van der Waals surface area contributed by atoms with Crippen LogP contribution in [0.5, 0.6) is 0 Å². The second kappa shape index (κ2) is 12.0. The summed E-state index contributed by atoms with van der Waals surface area (Å²) < 4.78 is 8.11. The minimum atomic E-state index is 0.0202. The van der Waals surface area contributed by atoms with E-state index in [-0.39, 0.29) is 11.8 Å². The first-order valence-electron chi connectivity index (χ1n) is 15.1. The van der Waals surface area contributed by atoms with Crippen LogP contribution in [0.4, 0.5) is 0 Å². The molecule has 8 heteroatoms. The maximum atomic E-state index is 4.24. The van der Waals surface area contributed by atoms with Gasteiger partial charge >= 0.3 is 0 Å². The van der Waals surface area contributed by atoms with Crippen LogP contribution in [-0.4, -0.2) is 38.2 Å². The SMILES string of the molecule is c1cn(-c2ccc(C(c3ccc(-n4ccnc4)cc3)C(c3ccc(-n4ccnc4)cc3)c3ccc(-n4ccnc4)cc3)cc2)cn1. The van der Waals surface area contributed by atoms with E-state index < -0.39 is 0 Å². The summed E-state index contributed by atoms with van der Waals surface area (Å²) in [6, 6.07) is 35.3. The maximum Gasteiger partial charge on any atom is 0.0991 e. The van der Waals surface area contributed by atoms with Crippen LogP contribution < -0.4 is 0 Å². The number of aromatic nitrogens is 8. The Kier molecular flexibility index (Phi) is 7.12. The van der Waals surface area contributed by atoms with Gasteiger partial charge in [-0.1, -0.05) is 48.5 Å². The van der Waals surface area contributed by atoms with E-state index in [4.69, 9.17) is 0 Å². The van der Waals surface area contributed by atoms with Gasteiger partial charge in [-0.2, -0.15) is 0 Å². The number of hydrogen-bond acceptors (Lipinski definition) is 4. The Hall–Kier alpha value is -6.28. The zero-order valence-corrected chi connectivity index (χ0v) is 24.9. The van der Waals surface area contributed by atoms with Gasteiger partial charge in [-0.3, -0.25) is 0 Å². The van der Waals surface area contributed by atoms with Gasteiger partial charge in [0.25, 0.3) is 0 Å². The van der Waals surface area contributed by atoms with Gasteiger partial charge in [-0.25, -0.2) is 19.9 Å². The summed E-state index contributed by atoms with van der Waals surface area (Å²) in [6.07, 6.45) is 22.4. The van der Waals surface area contributed by atoms with Crippen LogP contribution >= 0.6 is 0 Å². The molecule has 0 amide bonds. The Bertz CT molecular complexity index is 1780. The minimum absolute atomic E-state index is 0.0202. The van der Waals surface area contributed by atoms with Crippen LogP contribution in [0, 0.1) is 0 Å². The largest absolute Gasteiger partial charge is 0.306 e. The number of imidazole rings is 4. The highest BCUT2D eigenvalue weighted by Gasteiger charge is 2.29. The molecular formula is C38H30N8. The van der Waals surface area contributed by atoms with Gasteiger partial charge in [0.1, 0.15) is 0 Å². The highest BCUT2D eigenvalue weighted by molar-refractivity contribution is 5.51. The molecule has 222 valence electrons. The van der Waals surface area contributed by atoms with E-state index in [1.54, 1.807) is 24.8 Å². The normalized spacial score (nSPS) is 11.4. The second-order valence-electron chi connectivity index (χ2n) is 11.2. The summed E-state index contributed by atoms with van der Waals surface area (Å²) in [7, 11) is 0. The smallest absolute Gasteiger partial charge is 0.0991 e. The first kappa shape index (κ1) is 27.3. The molecule has 0 spiro atoms. The second-order valence-corrected chi connectivity index (χ2v) is 11.2. The van der Waals surface area contributed by atoms with Crippen molar-refractivity contribution in [3.8, 4) is 22.7 Å². The van der Waals surface area contributed by atoms with Crippen molar-refractivity contribution < 1.29 is 0 Å². The molecule has 0 atom stereocenters. The lowest BCUT2D eigenvalue weighted by Gasteiger charge is -2.30. The Balaban J connectivity index is 1.27. The fourth-order valence-corrected chi connectivity index (χ4v) is 6.22. The highest BCUT2D eigenvalue weighted by atomic mass is 15.0. The molecule has 8 aromatic rings. The van der Waals surface area contributed by atoms with E-state index in [0.29, 0.717) is 0 Å². The zero-order valence-electron chi connectivity index (χ0n) is 24.9. The topological polar surface area (TPSA) is 71.3 Å². The Morgan fingerprint density at radius 2 is 0.522 bits per heavy atom. The molecule has 0 saturated heterocycles. The van der Waals surface area contributed by atoms with Crippen LogP contribution in [0.25, 0.3) is 22.7 Å². The van der Waals surface area contributed by atoms with Crippen molar-refractivity contribution in [3.05, 3.63) is 194 Å². The average Bonchev–Trinajstić information content (AvgIpc) is 3.96. The summed E-state index contributed by atoms with van der Waals surface area (Å²) in [6.45, 7) is 0. The predicted molar refractivity (Wildman–Crippen MR) is 178 cm³/mol. The van der Waals surface area contributed by atoms with E-state index >= 15 is 0 Å². The molecule has 0 radical (unpaired) electrons. The molecule has 0 fully saturated rings. The van der Waals surface area contributed by atoms with Crippen LogP contribution in [0.1, 0.15) is 34.1 Å². The third kappa shape index (κ3) is 5.33. The molecule has 4 aromatic heterocycles. The molecule has 0 saturated carbocycles. The third-order valence-electron chi connectivity index (χ3n) is 8.55. The lowest BCUT2D eigenvalue weighted by Crippen LogP contribution is -2.15. The molecule has 0 N–H and O–H groups in total. The van der Waals surface area contributed by atoms with E-state index in [9.17, 15) is 0 Å². The zero-order chi connectivity index (χ0) is 30.7. The van der Waals surface area contributed by atoms with Gasteiger partial charge in [-0.15, -0.1) is 0 Å². The van der Waals surface area contributed by atoms with Crippen molar-refractivity contribution in [2.24, 2.45) is 0 Å². The van der Waals surface area contributed by atoms with E-state index in [1.807, 2.05) is 68.4 Å². The number of nitrogens with zero attached hydrogens (tertiary/aromatic N) is 8. The summed E-state index contributed by atoms with van der Waals surface area (Å²) in [4.78, 5) is 16.9. The quantitative estimate of drug-likeness (QED) is 0.174. The van der Waals surface area contributed by atoms with Crippen LogP contribution in [0.2, 0.25) is 0 Å². The summed E-state index contributed by atoms with van der Waals surface area (Å²) in [5.41, 5.74) is 9.18. The fraction of sp³-hybridized carbons (Fsp3) is 0.0526. The average molecular weight is 599 g/mol. The summed E-state index contributed by atoms with van der Waals surface area (Å²) >= 11 is 0. The van der Waals surface area contributed by atoms with Crippen LogP contribution in [-0.2, 0) is 0 Å². The Labute approximate surface area is 266 Å². The summed E-state index contributed by atoms with van der Waals surface area (Å²) in [5, 5.41) is 0. The molecule has 0 aliphatic carbocycles. The van der Waals surface area contributed by atoms with Crippen LogP contribution in [0.15, 0.2) is 172 Å². The van der Waals surface area contributed by atoms with Crippen molar-refractivity contribution in [1.29, 1.82) is 0 Å². The van der Waals surface area contributed by atoms with Crippen molar-refractivity contribution in [1.82, 2.24) is 38.2 Å². The van der Waals surface area contributed by atoms with E-state index in [2.05, 4.69) is 117 Å². The van der Waals surface area contributed by atoms with Gasteiger partial charge < -0.3 is 18.3 Å².